The Bertz CT molecular complexity index is 754. The zero-order chi connectivity index (χ0) is 16.4. The average molecular weight is 356 g/mol. The molecule has 0 radical (unpaired) electrons. The van der Waals surface area contributed by atoms with Crippen molar-refractivity contribution in [2.75, 3.05) is 4.72 Å². The Labute approximate surface area is 143 Å². The van der Waals surface area contributed by atoms with Gasteiger partial charge in [0.25, 0.3) is 0 Å². The number of halogens is 2. The summed E-state index contributed by atoms with van der Waals surface area (Å²) in [7, 11) is 1.83. The van der Waals surface area contributed by atoms with Crippen LogP contribution in [-0.2, 0) is 18.4 Å². The first-order chi connectivity index (χ1) is 10.3. The molecule has 0 bridgehead atoms. The summed E-state index contributed by atoms with van der Waals surface area (Å²) >= 11 is 10.8. The molecule has 0 aliphatic rings. The standard InChI is InChI=1S/C15H15Cl2N3OS/c1-5-6-11-7-12(16)15(13(17)8-11)22(21)19-14-9(2)18-20(4)10(14)3/h7-8,19H,1-4H3. The Morgan fingerprint density at radius 2 is 1.86 bits per heavy atom. The van der Waals surface area contributed by atoms with E-state index in [0.29, 0.717) is 26.2 Å². The number of hydrogen-bond donors (Lipinski definition) is 1. The first kappa shape index (κ1) is 17.0. The quantitative estimate of drug-likeness (QED) is 0.671. The molecule has 4 nitrogen and oxygen atoms in total. The van der Waals surface area contributed by atoms with E-state index in [1.54, 1.807) is 23.7 Å². The van der Waals surface area contributed by atoms with Crippen LogP contribution in [0.4, 0.5) is 5.69 Å². The molecule has 2 aromatic rings. The van der Waals surface area contributed by atoms with E-state index in [2.05, 4.69) is 21.7 Å². The number of aromatic nitrogens is 2. The smallest absolute Gasteiger partial charge is 0.217 e. The lowest BCUT2D eigenvalue weighted by Crippen LogP contribution is -2.15. The van der Waals surface area contributed by atoms with Crippen molar-refractivity contribution in [2.45, 2.75) is 25.7 Å². The SMILES string of the molecule is CC#Cc1cc(Cl)c([S+]([O-])Nc2c(C)nn(C)c2C)c(Cl)c1. The van der Waals surface area contributed by atoms with Crippen LogP contribution in [0.15, 0.2) is 17.0 Å². The fourth-order valence-electron chi connectivity index (χ4n) is 2.02. The van der Waals surface area contributed by atoms with Crippen LogP contribution in [0.5, 0.6) is 0 Å². The van der Waals surface area contributed by atoms with Crippen molar-refractivity contribution >= 4 is 40.3 Å². The predicted octanol–water partition coefficient (Wildman–Crippen LogP) is 3.85. The summed E-state index contributed by atoms with van der Waals surface area (Å²) in [5.74, 6) is 5.65. The summed E-state index contributed by atoms with van der Waals surface area (Å²) in [6, 6.07) is 3.31. The van der Waals surface area contributed by atoms with Crippen LogP contribution in [0.2, 0.25) is 10.0 Å². The van der Waals surface area contributed by atoms with E-state index in [9.17, 15) is 4.55 Å². The normalized spacial score (nSPS) is 11.8. The van der Waals surface area contributed by atoms with Crippen LogP contribution >= 0.6 is 23.2 Å². The molecule has 1 unspecified atom stereocenters. The van der Waals surface area contributed by atoms with E-state index in [1.165, 1.54) is 0 Å². The van der Waals surface area contributed by atoms with E-state index in [-0.39, 0.29) is 0 Å². The summed E-state index contributed by atoms with van der Waals surface area (Å²) in [4.78, 5) is 0.340. The first-order valence-corrected chi connectivity index (χ1v) is 8.36. The van der Waals surface area contributed by atoms with Gasteiger partial charge in [0.15, 0.2) is 0 Å². The Balaban J connectivity index is 2.37. The minimum atomic E-state index is -1.59. The molecule has 1 N–H and O–H groups in total. The Hall–Kier alpha value is -1.32. The van der Waals surface area contributed by atoms with Gasteiger partial charge in [-0.15, -0.1) is 5.92 Å². The summed E-state index contributed by atoms with van der Waals surface area (Å²) in [5.41, 5.74) is 3.04. The van der Waals surface area contributed by atoms with Crippen molar-refractivity contribution in [1.29, 1.82) is 0 Å². The number of aryl methyl sites for hydroxylation is 2. The minimum absolute atomic E-state index is 0.315. The van der Waals surface area contributed by atoms with Gasteiger partial charge in [-0.25, -0.2) is 0 Å². The number of nitrogens with one attached hydrogen (secondary N) is 1. The van der Waals surface area contributed by atoms with E-state index in [4.69, 9.17) is 23.2 Å². The maximum Gasteiger partial charge on any atom is 0.217 e. The van der Waals surface area contributed by atoms with E-state index in [0.717, 1.165) is 11.4 Å². The largest absolute Gasteiger partial charge is 0.588 e. The fourth-order valence-corrected chi connectivity index (χ4v) is 3.98. The van der Waals surface area contributed by atoms with Gasteiger partial charge in [-0.05, 0) is 32.9 Å². The highest BCUT2D eigenvalue weighted by molar-refractivity contribution is 7.93. The van der Waals surface area contributed by atoms with Crippen molar-refractivity contribution in [1.82, 2.24) is 9.78 Å². The Morgan fingerprint density at radius 3 is 2.32 bits per heavy atom. The van der Waals surface area contributed by atoms with Crippen LogP contribution in [0.3, 0.4) is 0 Å². The highest BCUT2D eigenvalue weighted by atomic mass is 35.5. The predicted molar refractivity (Wildman–Crippen MR) is 91.7 cm³/mol. The fraction of sp³-hybridized carbons (Fsp3) is 0.267. The van der Waals surface area contributed by atoms with Gasteiger partial charge in [0.1, 0.15) is 27.1 Å². The molecular weight excluding hydrogens is 341 g/mol. The lowest BCUT2D eigenvalue weighted by Gasteiger charge is -2.14. The maximum atomic E-state index is 12.6. The lowest BCUT2D eigenvalue weighted by atomic mass is 10.2. The number of rotatable bonds is 3. The molecule has 0 aliphatic carbocycles. The summed E-state index contributed by atoms with van der Waals surface area (Å²) in [5, 5.41) is 4.91. The third kappa shape index (κ3) is 3.36. The molecule has 1 heterocycles. The molecule has 22 heavy (non-hydrogen) atoms. The number of anilines is 1. The molecule has 2 rings (SSSR count). The molecule has 0 aliphatic heterocycles. The van der Waals surface area contributed by atoms with Gasteiger partial charge in [-0.1, -0.05) is 29.1 Å². The van der Waals surface area contributed by atoms with E-state index >= 15 is 0 Å². The van der Waals surface area contributed by atoms with Crippen molar-refractivity contribution in [2.24, 2.45) is 7.05 Å². The van der Waals surface area contributed by atoms with Gasteiger partial charge in [0, 0.05) is 12.6 Å². The zero-order valence-corrected chi connectivity index (χ0v) is 14.9. The molecule has 7 heteroatoms. The summed E-state index contributed by atoms with van der Waals surface area (Å²) in [6.07, 6.45) is 0. The Morgan fingerprint density at radius 1 is 1.27 bits per heavy atom. The molecule has 116 valence electrons. The van der Waals surface area contributed by atoms with Gasteiger partial charge < -0.3 is 4.55 Å². The molecule has 0 spiro atoms. The third-order valence-corrected chi connectivity index (χ3v) is 5.18. The van der Waals surface area contributed by atoms with E-state index in [1.807, 2.05) is 20.9 Å². The first-order valence-electron chi connectivity index (χ1n) is 6.45. The monoisotopic (exact) mass is 355 g/mol. The second-order valence-corrected chi connectivity index (χ2v) is 6.65. The van der Waals surface area contributed by atoms with Gasteiger partial charge in [-0.2, -0.15) is 9.82 Å². The maximum absolute atomic E-state index is 12.6. The molecule has 0 saturated carbocycles. The molecule has 1 atom stereocenters. The average Bonchev–Trinajstić information content (AvgIpc) is 2.65. The van der Waals surface area contributed by atoms with Gasteiger partial charge in [-0.3, -0.25) is 4.68 Å². The number of benzene rings is 1. The highest BCUT2D eigenvalue weighted by Gasteiger charge is 2.24. The molecular formula is C15H15Cl2N3OS. The third-order valence-electron chi connectivity index (χ3n) is 3.16. The summed E-state index contributed by atoms with van der Waals surface area (Å²) < 4.78 is 17.2. The van der Waals surface area contributed by atoms with Crippen molar-refractivity contribution in [3.63, 3.8) is 0 Å². The van der Waals surface area contributed by atoms with E-state index < -0.39 is 11.4 Å². The van der Waals surface area contributed by atoms with Crippen molar-refractivity contribution in [3.8, 4) is 11.8 Å². The summed E-state index contributed by atoms with van der Waals surface area (Å²) in [6.45, 7) is 5.46. The molecule has 0 fully saturated rings. The van der Waals surface area contributed by atoms with Crippen molar-refractivity contribution in [3.05, 3.63) is 39.1 Å². The van der Waals surface area contributed by atoms with Crippen LogP contribution in [0, 0.1) is 25.7 Å². The van der Waals surface area contributed by atoms with Gasteiger partial charge >= 0.3 is 0 Å². The van der Waals surface area contributed by atoms with Crippen LogP contribution in [-0.4, -0.2) is 14.3 Å². The van der Waals surface area contributed by atoms with Crippen molar-refractivity contribution < 1.29 is 4.55 Å². The molecule has 0 amide bonds. The zero-order valence-electron chi connectivity index (χ0n) is 12.6. The van der Waals surface area contributed by atoms with Crippen LogP contribution < -0.4 is 4.72 Å². The van der Waals surface area contributed by atoms with Gasteiger partial charge in [0.05, 0.1) is 11.4 Å². The number of nitrogens with zero attached hydrogens (tertiary/aromatic N) is 2. The Kier molecular flexibility index (Phi) is 5.30. The van der Waals surface area contributed by atoms with Crippen LogP contribution in [0.25, 0.3) is 0 Å². The topological polar surface area (TPSA) is 52.9 Å². The molecule has 0 saturated heterocycles. The molecule has 1 aromatic carbocycles. The minimum Gasteiger partial charge on any atom is -0.588 e. The van der Waals surface area contributed by atoms with Gasteiger partial charge in [0.2, 0.25) is 4.90 Å². The highest BCUT2D eigenvalue weighted by Crippen LogP contribution is 2.33. The second kappa shape index (κ2) is 6.84. The lowest BCUT2D eigenvalue weighted by molar-refractivity contribution is 0.600. The number of hydrogen-bond acceptors (Lipinski definition) is 3. The molecule has 1 aromatic heterocycles. The second-order valence-electron chi connectivity index (χ2n) is 4.68. The van der Waals surface area contributed by atoms with Crippen LogP contribution in [0.1, 0.15) is 23.9 Å².